The molecule has 0 bridgehead atoms. The van der Waals surface area contributed by atoms with Crippen molar-refractivity contribution in [3.63, 3.8) is 0 Å². The molecule has 3 rings (SSSR count). The highest BCUT2D eigenvalue weighted by molar-refractivity contribution is 5.78. The van der Waals surface area contributed by atoms with Crippen molar-refractivity contribution in [1.82, 2.24) is 4.90 Å². The second kappa shape index (κ2) is 8.82. The van der Waals surface area contributed by atoms with Gasteiger partial charge in [0.05, 0.1) is 19.6 Å². The molecule has 1 saturated heterocycles. The molecular formula is C22H27NO2. The zero-order chi connectivity index (χ0) is 17.5. The third kappa shape index (κ3) is 5.43. The monoisotopic (exact) mass is 337 g/mol. The highest BCUT2D eigenvalue weighted by Gasteiger charge is 2.23. The summed E-state index contributed by atoms with van der Waals surface area (Å²) in [6.45, 7) is 5.13. The van der Waals surface area contributed by atoms with Crippen molar-refractivity contribution in [2.45, 2.75) is 32.8 Å². The van der Waals surface area contributed by atoms with Crippen LogP contribution in [-0.2, 0) is 22.6 Å². The summed E-state index contributed by atoms with van der Waals surface area (Å²) in [5.41, 5.74) is 3.51. The molecule has 3 nitrogen and oxygen atoms in total. The van der Waals surface area contributed by atoms with E-state index in [1.165, 1.54) is 11.1 Å². The number of ether oxygens (including phenoxy) is 1. The van der Waals surface area contributed by atoms with Crippen LogP contribution in [0.1, 0.15) is 29.5 Å². The lowest BCUT2D eigenvalue weighted by atomic mass is 9.98. The lowest BCUT2D eigenvalue weighted by molar-refractivity contribution is -0.132. The minimum Gasteiger partial charge on any atom is -0.376 e. The molecule has 2 aromatic rings. The van der Waals surface area contributed by atoms with Gasteiger partial charge in [-0.2, -0.15) is 0 Å². The van der Waals surface area contributed by atoms with Gasteiger partial charge in [-0.15, -0.1) is 0 Å². The normalized spacial score (nSPS) is 17.5. The molecule has 1 unspecified atom stereocenters. The van der Waals surface area contributed by atoms with E-state index in [-0.39, 0.29) is 5.91 Å². The first-order chi connectivity index (χ1) is 12.2. The quantitative estimate of drug-likeness (QED) is 0.797. The highest BCUT2D eigenvalue weighted by atomic mass is 16.5. The lowest BCUT2D eigenvalue weighted by Crippen LogP contribution is -2.41. The Morgan fingerprint density at radius 1 is 1.12 bits per heavy atom. The third-order valence-electron chi connectivity index (χ3n) is 4.77. The number of hydrogen-bond donors (Lipinski definition) is 0. The smallest absolute Gasteiger partial charge is 0.227 e. The molecule has 1 atom stereocenters. The van der Waals surface area contributed by atoms with Crippen molar-refractivity contribution >= 4 is 5.91 Å². The molecule has 2 aromatic carbocycles. The van der Waals surface area contributed by atoms with E-state index in [0.717, 1.165) is 38.1 Å². The van der Waals surface area contributed by atoms with E-state index in [1.54, 1.807) is 0 Å². The van der Waals surface area contributed by atoms with Crippen LogP contribution in [0.25, 0.3) is 0 Å². The Hall–Kier alpha value is -2.13. The molecule has 25 heavy (non-hydrogen) atoms. The van der Waals surface area contributed by atoms with Gasteiger partial charge >= 0.3 is 0 Å². The van der Waals surface area contributed by atoms with Crippen LogP contribution in [0.5, 0.6) is 0 Å². The molecule has 0 N–H and O–H groups in total. The number of likely N-dealkylation sites (tertiary alicyclic amines) is 1. The van der Waals surface area contributed by atoms with Gasteiger partial charge in [0.2, 0.25) is 5.91 Å². The second-order valence-corrected chi connectivity index (χ2v) is 7.01. The minimum absolute atomic E-state index is 0.235. The number of nitrogens with zero attached hydrogens (tertiary/aromatic N) is 1. The molecular weight excluding hydrogens is 310 g/mol. The topological polar surface area (TPSA) is 29.5 Å². The molecule has 1 aliphatic heterocycles. The number of benzene rings is 2. The van der Waals surface area contributed by atoms with E-state index in [1.807, 2.05) is 35.2 Å². The van der Waals surface area contributed by atoms with Gasteiger partial charge in [0.1, 0.15) is 0 Å². The van der Waals surface area contributed by atoms with Crippen LogP contribution < -0.4 is 0 Å². The molecule has 1 fully saturated rings. The maximum Gasteiger partial charge on any atom is 0.227 e. The minimum atomic E-state index is 0.235. The van der Waals surface area contributed by atoms with Gasteiger partial charge in [0, 0.05) is 13.1 Å². The fourth-order valence-electron chi connectivity index (χ4n) is 3.45. The molecule has 0 saturated carbocycles. The van der Waals surface area contributed by atoms with Crippen molar-refractivity contribution in [1.29, 1.82) is 0 Å². The fraction of sp³-hybridized carbons (Fsp3) is 0.409. The van der Waals surface area contributed by atoms with E-state index in [2.05, 4.69) is 31.2 Å². The first-order valence-electron chi connectivity index (χ1n) is 9.15. The summed E-state index contributed by atoms with van der Waals surface area (Å²) in [6, 6.07) is 18.5. The number of amides is 1. The third-order valence-corrected chi connectivity index (χ3v) is 4.77. The Balaban J connectivity index is 1.46. The lowest BCUT2D eigenvalue weighted by Gasteiger charge is -2.32. The number of piperidine rings is 1. The van der Waals surface area contributed by atoms with Crippen molar-refractivity contribution in [2.24, 2.45) is 5.92 Å². The van der Waals surface area contributed by atoms with Crippen molar-refractivity contribution in [2.75, 3.05) is 19.7 Å². The predicted molar refractivity (Wildman–Crippen MR) is 100 cm³/mol. The van der Waals surface area contributed by atoms with E-state index in [9.17, 15) is 4.79 Å². The molecule has 0 spiro atoms. The molecule has 0 radical (unpaired) electrons. The van der Waals surface area contributed by atoms with Gasteiger partial charge in [-0.25, -0.2) is 0 Å². The number of carbonyl (C=O) groups excluding carboxylic acids is 1. The van der Waals surface area contributed by atoms with Crippen molar-refractivity contribution in [3.8, 4) is 0 Å². The van der Waals surface area contributed by atoms with Crippen LogP contribution in [-0.4, -0.2) is 30.5 Å². The van der Waals surface area contributed by atoms with Crippen LogP contribution in [0.4, 0.5) is 0 Å². The fourth-order valence-corrected chi connectivity index (χ4v) is 3.45. The van der Waals surface area contributed by atoms with E-state index in [4.69, 9.17) is 4.74 Å². The molecule has 1 amide bonds. The summed E-state index contributed by atoms with van der Waals surface area (Å²) in [5.74, 6) is 0.678. The molecule has 1 heterocycles. The Kier molecular flexibility index (Phi) is 6.24. The average molecular weight is 337 g/mol. The van der Waals surface area contributed by atoms with Gasteiger partial charge < -0.3 is 9.64 Å². The maximum absolute atomic E-state index is 12.6. The molecule has 132 valence electrons. The average Bonchev–Trinajstić information content (AvgIpc) is 2.63. The largest absolute Gasteiger partial charge is 0.376 e. The number of rotatable bonds is 6. The summed E-state index contributed by atoms with van der Waals surface area (Å²) in [4.78, 5) is 14.6. The Labute approximate surface area is 150 Å². The van der Waals surface area contributed by atoms with Crippen LogP contribution >= 0.6 is 0 Å². The van der Waals surface area contributed by atoms with E-state index < -0.39 is 0 Å². The van der Waals surface area contributed by atoms with Crippen LogP contribution in [0.15, 0.2) is 54.6 Å². The second-order valence-electron chi connectivity index (χ2n) is 7.01. The molecule has 3 heteroatoms. The first kappa shape index (κ1) is 17.7. The molecule has 1 aliphatic rings. The van der Waals surface area contributed by atoms with Gasteiger partial charge in [-0.05, 0) is 36.8 Å². The Morgan fingerprint density at radius 2 is 1.92 bits per heavy atom. The first-order valence-corrected chi connectivity index (χ1v) is 9.15. The van der Waals surface area contributed by atoms with Gasteiger partial charge in [0.15, 0.2) is 0 Å². The van der Waals surface area contributed by atoms with Crippen LogP contribution in [0, 0.1) is 12.8 Å². The van der Waals surface area contributed by atoms with E-state index in [0.29, 0.717) is 18.9 Å². The van der Waals surface area contributed by atoms with E-state index >= 15 is 0 Å². The van der Waals surface area contributed by atoms with Crippen LogP contribution in [0.3, 0.4) is 0 Å². The standard InChI is InChI=1S/C22H27NO2/c1-18-7-5-10-20(13-18)14-22(24)23-12-6-11-21(15-23)17-25-16-19-8-3-2-4-9-19/h2-5,7-10,13,21H,6,11-12,14-17H2,1H3. The highest BCUT2D eigenvalue weighted by Crippen LogP contribution is 2.19. The summed E-state index contributed by atoms with van der Waals surface area (Å²) >= 11 is 0. The number of carbonyl (C=O) groups is 1. The Bertz CT molecular complexity index is 683. The summed E-state index contributed by atoms with van der Waals surface area (Å²) in [7, 11) is 0. The van der Waals surface area contributed by atoms with Crippen LogP contribution in [0.2, 0.25) is 0 Å². The zero-order valence-electron chi connectivity index (χ0n) is 15.0. The van der Waals surface area contributed by atoms with Crippen molar-refractivity contribution < 1.29 is 9.53 Å². The van der Waals surface area contributed by atoms with Gasteiger partial charge in [0.25, 0.3) is 0 Å². The summed E-state index contributed by atoms with van der Waals surface area (Å²) in [6.07, 6.45) is 2.71. The summed E-state index contributed by atoms with van der Waals surface area (Å²) < 4.78 is 5.88. The number of aryl methyl sites for hydroxylation is 1. The molecule has 0 aromatic heterocycles. The number of hydrogen-bond acceptors (Lipinski definition) is 2. The Morgan fingerprint density at radius 3 is 2.72 bits per heavy atom. The zero-order valence-corrected chi connectivity index (χ0v) is 15.0. The summed E-state index contributed by atoms with van der Waals surface area (Å²) in [5, 5.41) is 0. The maximum atomic E-state index is 12.6. The van der Waals surface area contributed by atoms with Gasteiger partial charge in [-0.3, -0.25) is 4.79 Å². The molecule has 0 aliphatic carbocycles. The SMILES string of the molecule is Cc1cccc(CC(=O)N2CCCC(COCc3ccccc3)C2)c1. The van der Waals surface area contributed by atoms with Gasteiger partial charge in [-0.1, -0.05) is 60.2 Å². The van der Waals surface area contributed by atoms with Crippen molar-refractivity contribution in [3.05, 3.63) is 71.3 Å². The predicted octanol–water partition coefficient (Wildman–Crippen LogP) is 3.99.